The molecule has 4 aromatic carbocycles. The Morgan fingerprint density at radius 3 is 1.26 bits per heavy atom. The SMILES string of the molecule is O=c1cc(CNS(=O)(=O)c2cccc(Cl)c2)occ1OCc1ccccc1.O=c1cc(CNS(=O)(=O)c2cccc(Cl)c2)occ1OCc1ccccc1. The predicted molar refractivity (Wildman–Crippen MR) is 202 cm³/mol. The molecule has 0 radical (unpaired) electrons. The average Bonchev–Trinajstić information content (AvgIpc) is 3.17. The maximum atomic E-state index is 12.3. The first kappa shape index (κ1) is 40.0. The first-order valence-corrected chi connectivity index (χ1v) is 19.7. The Morgan fingerprint density at radius 2 is 0.907 bits per heavy atom. The van der Waals surface area contributed by atoms with Crippen LogP contribution in [0.3, 0.4) is 0 Å². The quantitative estimate of drug-likeness (QED) is 0.121. The van der Waals surface area contributed by atoms with Crippen molar-refractivity contribution in [3.63, 3.8) is 0 Å². The molecule has 0 aliphatic heterocycles. The van der Waals surface area contributed by atoms with Crippen LogP contribution in [0, 0.1) is 0 Å². The number of rotatable bonds is 14. The number of halogens is 2. The van der Waals surface area contributed by atoms with Crippen molar-refractivity contribution >= 4 is 43.2 Å². The van der Waals surface area contributed by atoms with Gasteiger partial charge in [-0.1, -0.05) is 96.0 Å². The van der Waals surface area contributed by atoms with Gasteiger partial charge in [0.25, 0.3) is 0 Å². The van der Waals surface area contributed by atoms with E-state index in [4.69, 9.17) is 41.5 Å². The van der Waals surface area contributed by atoms with Gasteiger partial charge in [-0.3, -0.25) is 9.59 Å². The lowest BCUT2D eigenvalue weighted by atomic mass is 10.2. The van der Waals surface area contributed by atoms with E-state index >= 15 is 0 Å². The largest absolute Gasteiger partial charge is 0.482 e. The summed E-state index contributed by atoms with van der Waals surface area (Å²) in [4.78, 5) is 24.3. The van der Waals surface area contributed by atoms with Gasteiger partial charge in [0.1, 0.15) is 37.3 Å². The van der Waals surface area contributed by atoms with Crippen molar-refractivity contribution in [3.8, 4) is 11.5 Å². The number of benzene rings is 4. The molecule has 54 heavy (non-hydrogen) atoms. The molecule has 12 nitrogen and oxygen atoms in total. The van der Waals surface area contributed by atoms with E-state index in [1.165, 1.54) is 61.1 Å². The van der Waals surface area contributed by atoms with E-state index in [1.54, 1.807) is 12.1 Å². The summed E-state index contributed by atoms with van der Waals surface area (Å²) in [5, 5.41) is 0.619. The van der Waals surface area contributed by atoms with Crippen molar-refractivity contribution in [3.05, 3.63) is 187 Å². The Hall–Kier alpha value is -5.22. The van der Waals surface area contributed by atoms with Gasteiger partial charge in [-0.2, -0.15) is 0 Å². The average molecular weight is 812 g/mol. The summed E-state index contributed by atoms with van der Waals surface area (Å²) in [5.41, 5.74) is 1.04. The number of hydrogen-bond acceptors (Lipinski definition) is 10. The van der Waals surface area contributed by atoms with Crippen molar-refractivity contribution in [2.75, 3.05) is 0 Å². The second kappa shape index (κ2) is 18.7. The Bertz CT molecular complexity index is 2340. The highest BCUT2D eigenvalue weighted by Gasteiger charge is 2.17. The van der Waals surface area contributed by atoms with Gasteiger partial charge in [0.05, 0.1) is 22.9 Å². The van der Waals surface area contributed by atoms with Gasteiger partial charge in [0.2, 0.25) is 42.4 Å². The minimum Gasteiger partial charge on any atom is -0.482 e. The molecule has 0 bridgehead atoms. The summed E-state index contributed by atoms with van der Waals surface area (Å²) in [6.45, 7) is 0.102. The van der Waals surface area contributed by atoms with E-state index in [1.807, 2.05) is 60.7 Å². The van der Waals surface area contributed by atoms with Crippen LogP contribution < -0.4 is 29.8 Å². The van der Waals surface area contributed by atoms with E-state index in [-0.39, 0.29) is 59.1 Å². The summed E-state index contributed by atoms with van der Waals surface area (Å²) in [6.07, 6.45) is 2.35. The summed E-state index contributed by atoms with van der Waals surface area (Å²) >= 11 is 11.6. The first-order chi connectivity index (χ1) is 25.9. The van der Waals surface area contributed by atoms with Gasteiger partial charge in [-0.25, -0.2) is 26.3 Å². The molecule has 2 heterocycles. The molecular formula is C38H32Cl2N2O10S2. The zero-order valence-electron chi connectivity index (χ0n) is 28.2. The zero-order chi connectivity index (χ0) is 38.6. The lowest BCUT2D eigenvalue weighted by molar-refractivity contribution is 0.289. The lowest BCUT2D eigenvalue weighted by Crippen LogP contribution is -2.23. The maximum absolute atomic E-state index is 12.3. The van der Waals surface area contributed by atoms with E-state index in [0.29, 0.717) is 10.0 Å². The van der Waals surface area contributed by atoms with Crippen LogP contribution in [0.1, 0.15) is 22.6 Å². The van der Waals surface area contributed by atoms with Gasteiger partial charge in [0, 0.05) is 22.2 Å². The molecule has 0 unspecified atom stereocenters. The summed E-state index contributed by atoms with van der Waals surface area (Å²) in [6, 6.07) is 32.9. The Kier molecular flexibility index (Phi) is 13.8. The van der Waals surface area contributed by atoms with Crippen LogP contribution in [0.5, 0.6) is 11.5 Å². The molecule has 0 aliphatic rings. The molecule has 0 saturated carbocycles. The number of hydrogen-bond donors (Lipinski definition) is 2. The van der Waals surface area contributed by atoms with Gasteiger partial charge in [-0.15, -0.1) is 0 Å². The molecular weight excluding hydrogens is 779 g/mol. The Morgan fingerprint density at radius 1 is 0.519 bits per heavy atom. The molecule has 16 heteroatoms. The topological polar surface area (TPSA) is 171 Å². The molecule has 6 rings (SSSR count). The van der Waals surface area contributed by atoms with Crippen LogP contribution in [0.15, 0.2) is 162 Å². The molecule has 2 N–H and O–H groups in total. The number of ether oxygens (including phenoxy) is 2. The van der Waals surface area contributed by atoms with E-state index in [0.717, 1.165) is 11.1 Å². The predicted octanol–water partition coefficient (Wildman–Crippen LogP) is 6.70. The molecule has 280 valence electrons. The van der Waals surface area contributed by atoms with Gasteiger partial charge >= 0.3 is 0 Å². The van der Waals surface area contributed by atoms with E-state index in [9.17, 15) is 26.4 Å². The third-order valence-corrected chi connectivity index (χ3v) is 10.5. The molecule has 0 aliphatic carbocycles. The van der Waals surface area contributed by atoms with Crippen LogP contribution in [-0.2, 0) is 46.3 Å². The fraction of sp³-hybridized carbons (Fsp3) is 0.105. The molecule has 0 fully saturated rings. The fourth-order valence-corrected chi connectivity index (χ4v) is 7.10. The first-order valence-electron chi connectivity index (χ1n) is 16.0. The summed E-state index contributed by atoms with van der Waals surface area (Å²) in [7, 11) is -7.56. The maximum Gasteiger partial charge on any atom is 0.241 e. The highest BCUT2D eigenvalue weighted by Crippen LogP contribution is 2.18. The Labute approximate surface area is 321 Å². The van der Waals surface area contributed by atoms with E-state index in [2.05, 4.69) is 9.44 Å². The van der Waals surface area contributed by atoms with Crippen molar-refractivity contribution in [1.29, 1.82) is 0 Å². The van der Waals surface area contributed by atoms with Crippen LogP contribution in [-0.4, -0.2) is 16.8 Å². The van der Waals surface area contributed by atoms with Crippen molar-refractivity contribution in [2.24, 2.45) is 0 Å². The number of sulfonamides is 2. The summed E-state index contributed by atoms with van der Waals surface area (Å²) in [5.74, 6) is 0.441. The van der Waals surface area contributed by atoms with Crippen molar-refractivity contribution < 1.29 is 35.1 Å². The van der Waals surface area contributed by atoms with Crippen molar-refractivity contribution in [2.45, 2.75) is 36.1 Å². The van der Waals surface area contributed by atoms with Crippen molar-refractivity contribution in [1.82, 2.24) is 9.44 Å². The lowest BCUT2D eigenvalue weighted by Gasteiger charge is -2.08. The molecule has 0 saturated heterocycles. The molecule has 0 amide bonds. The molecule has 0 spiro atoms. The third-order valence-electron chi connectivity index (χ3n) is 7.26. The van der Waals surface area contributed by atoms with Gasteiger partial charge < -0.3 is 18.3 Å². The monoisotopic (exact) mass is 810 g/mol. The van der Waals surface area contributed by atoms with Gasteiger partial charge in [0.15, 0.2) is 0 Å². The van der Waals surface area contributed by atoms with E-state index < -0.39 is 30.9 Å². The Balaban J connectivity index is 0.000000208. The standard InChI is InChI=1S/2C19H16ClNO5S/c2*20-15-7-4-8-17(9-15)27(23,24)21-11-16-10-18(22)19(13-25-16)26-12-14-5-2-1-3-6-14/h2*1-10,13,21H,11-12H2. The zero-order valence-corrected chi connectivity index (χ0v) is 31.3. The minimum atomic E-state index is -3.78. The minimum absolute atomic E-state index is 0.0279. The van der Waals surface area contributed by atoms with Gasteiger partial charge in [-0.05, 0) is 47.5 Å². The van der Waals surface area contributed by atoms with Crippen LogP contribution >= 0.6 is 23.2 Å². The molecule has 2 aromatic heterocycles. The highest BCUT2D eigenvalue weighted by molar-refractivity contribution is 7.89. The molecule has 6 aromatic rings. The second-order valence-electron chi connectivity index (χ2n) is 11.3. The number of nitrogens with one attached hydrogen (secondary N) is 2. The van der Waals surface area contributed by atoms with Crippen LogP contribution in [0.25, 0.3) is 0 Å². The smallest absolute Gasteiger partial charge is 0.241 e. The fourth-order valence-electron chi connectivity index (χ4n) is 4.51. The third kappa shape index (κ3) is 11.9. The normalized spacial score (nSPS) is 11.3. The molecule has 0 atom stereocenters. The van der Waals surface area contributed by atoms with Crippen LogP contribution in [0.4, 0.5) is 0 Å². The highest BCUT2D eigenvalue weighted by atomic mass is 35.5. The van der Waals surface area contributed by atoms with Crippen LogP contribution in [0.2, 0.25) is 10.0 Å². The summed E-state index contributed by atoms with van der Waals surface area (Å²) < 4.78 is 75.2. The second-order valence-corrected chi connectivity index (χ2v) is 15.7.